The molecular weight excluding hydrogens is 365 g/mol. The molecule has 110 valence electrons. The van der Waals surface area contributed by atoms with Crippen LogP contribution in [0, 0.1) is 9.49 Å². The third kappa shape index (κ3) is 3.45. The average Bonchev–Trinajstić information content (AvgIpc) is 2.48. The molecule has 1 aromatic carbocycles. The Morgan fingerprint density at radius 2 is 2.00 bits per heavy atom. The van der Waals surface area contributed by atoms with Gasteiger partial charge in [-0.15, -0.1) is 0 Å². The lowest BCUT2D eigenvalue weighted by Crippen LogP contribution is -2.39. The number of nitrogens with zero attached hydrogens (tertiary/aromatic N) is 1. The number of hydrogen-bond donors (Lipinski definition) is 1. The van der Waals surface area contributed by atoms with Crippen LogP contribution in [0.1, 0.15) is 49.4 Å². The lowest BCUT2D eigenvalue weighted by Gasteiger charge is -2.34. The molecule has 0 bridgehead atoms. The predicted molar refractivity (Wildman–Crippen MR) is 89.0 cm³/mol. The van der Waals surface area contributed by atoms with E-state index in [1.165, 1.54) is 19.3 Å². The Morgan fingerprint density at radius 3 is 2.55 bits per heavy atom. The number of rotatable bonds is 3. The Balaban J connectivity index is 2.03. The van der Waals surface area contributed by atoms with Crippen molar-refractivity contribution in [1.82, 2.24) is 4.90 Å². The summed E-state index contributed by atoms with van der Waals surface area (Å²) in [6, 6.07) is 5.48. The van der Waals surface area contributed by atoms with Crippen LogP contribution in [0.15, 0.2) is 18.2 Å². The first-order chi connectivity index (χ1) is 9.52. The Bertz CT molecular complexity index is 481. The summed E-state index contributed by atoms with van der Waals surface area (Å²) in [6.45, 7) is 2.24. The first kappa shape index (κ1) is 15.6. The largest absolute Gasteiger partial charge is 0.507 e. The molecule has 1 aliphatic rings. The summed E-state index contributed by atoms with van der Waals surface area (Å²) < 4.78 is 0.769. The van der Waals surface area contributed by atoms with E-state index in [0.717, 1.165) is 22.3 Å². The topological polar surface area (TPSA) is 40.5 Å². The Labute approximate surface area is 134 Å². The zero-order valence-electron chi connectivity index (χ0n) is 12.1. The lowest BCUT2D eigenvalue weighted by atomic mass is 9.84. The zero-order valence-corrected chi connectivity index (χ0v) is 14.3. The van der Waals surface area contributed by atoms with Crippen molar-refractivity contribution in [3.8, 4) is 5.75 Å². The van der Waals surface area contributed by atoms with E-state index in [0.29, 0.717) is 11.6 Å². The lowest BCUT2D eigenvalue weighted by molar-refractivity contribution is 0.0674. The molecule has 1 N–H and O–H groups in total. The second-order valence-corrected chi connectivity index (χ2v) is 6.83. The van der Waals surface area contributed by atoms with E-state index in [-0.39, 0.29) is 11.7 Å². The van der Waals surface area contributed by atoms with Gasteiger partial charge in [0.2, 0.25) is 0 Å². The number of phenols is 1. The molecule has 4 heteroatoms. The summed E-state index contributed by atoms with van der Waals surface area (Å²) in [7, 11) is 1.88. The highest BCUT2D eigenvalue weighted by atomic mass is 127. The second-order valence-electron chi connectivity index (χ2n) is 5.67. The highest BCUT2D eigenvalue weighted by Gasteiger charge is 2.26. The predicted octanol–water partition coefficient (Wildman–Crippen LogP) is 4.04. The van der Waals surface area contributed by atoms with Gasteiger partial charge in [-0.05, 0) is 72.4 Å². The third-order valence-corrected chi connectivity index (χ3v) is 5.37. The molecule has 0 radical (unpaired) electrons. The van der Waals surface area contributed by atoms with Gasteiger partial charge in [0.05, 0.1) is 3.57 Å². The first-order valence-corrected chi connectivity index (χ1v) is 8.36. The van der Waals surface area contributed by atoms with Crippen LogP contribution in [0.5, 0.6) is 5.75 Å². The van der Waals surface area contributed by atoms with E-state index < -0.39 is 0 Å². The van der Waals surface area contributed by atoms with E-state index in [1.807, 2.05) is 11.9 Å². The van der Waals surface area contributed by atoms with Crippen LogP contribution < -0.4 is 0 Å². The molecule has 0 atom stereocenters. The molecule has 1 fully saturated rings. The van der Waals surface area contributed by atoms with Crippen LogP contribution in [0.25, 0.3) is 0 Å². The minimum atomic E-state index is 0.0108. The van der Waals surface area contributed by atoms with Gasteiger partial charge in [-0.3, -0.25) is 4.79 Å². The first-order valence-electron chi connectivity index (χ1n) is 7.28. The van der Waals surface area contributed by atoms with Crippen molar-refractivity contribution >= 4 is 28.5 Å². The molecule has 1 aromatic rings. The number of aromatic hydroxyl groups is 1. The Kier molecular flexibility index (Phi) is 5.29. The van der Waals surface area contributed by atoms with Crippen molar-refractivity contribution in [2.75, 3.05) is 7.05 Å². The fraction of sp³-hybridized carbons (Fsp3) is 0.562. The second kappa shape index (κ2) is 6.78. The number of phenolic OH excluding ortho intramolecular Hbond substituents is 1. The molecule has 1 aliphatic carbocycles. The number of carbonyl (C=O) groups is 1. The fourth-order valence-corrected chi connectivity index (χ4v) is 3.29. The molecule has 0 saturated heterocycles. The summed E-state index contributed by atoms with van der Waals surface area (Å²) in [4.78, 5) is 14.3. The van der Waals surface area contributed by atoms with E-state index >= 15 is 0 Å². The van der Waals surface area contributed by atoms with Crippen LogP contribution in [-0.4, -0.2) is 29.0 Å². The van der Waals surface area contributed by atoms with Crippen LogP contribution in [-0.2, 0) is 0 Å². The standard InChI is InChI=1S/C16H22INO2/c1-3-11-4-7-13(8-5-11)18(2)16(20)12-6-9-14(17)15(19)10-12/h6,9-11,13,19H,3-5,7-8H2,1-2H3. The van der Waals surface area contributed by atoms with E-state index in [4.69, 9.17) is 0 Å². The molecular formula is C16H22INO2. The quantitative estimate of drug-likeness (QED) is 0.796. The maximum Gasteiger partial charge on any atom is 0.253 e. The van der Waals surface area contributed by atoms with Crippen molar-refractivity contribution in [3.05, 3.63) is 27.3 Å². The SMILES string of the molecule is CCC1CCC(N(C)C(=O)c2ccc(I)c(O)c2)CC1. The van der Waals surface area contributed by atoms with Crippen molar-refractivity contribution in [2.45, 2.75) is 45.1 Å². The number of hydrogen-bond acceptors (Lipinski definition) is 2. The molecule has 0 unspecified atom stereocenters. The minimum Gasteiger partial charge on any atom is -0.507 e. The van der Waals surface area contributed by atoms with Gasteiger partial charge in [-0.1, -0.05) is 13.3 Å². The summed E-state index contributed by atoms with van der Waals surface area (Å²) in [6.07, 6.45) is 5.87. The van der Waals surface area contributed by atoms with Gasteiger partial charge >= 0.3 is 0 Å². The fourth-order valence-electron chi connectivity index (χ4n) is 2.96. The summed E-state index contributed by atoms with van der Waals surface area (Å²) in [5.41, 5.74) is 0.572. The summed E-state index contributed by atoms with van der Waals surface area (Å²) in [5.74, 6) is 1.02. The van der Waals surface area contributed by atoms with Gasteiger partial charge in [-0.2, -0.15) is 0 Å². The van der Waals surface area contributed by atoms with Crippen molar-refractivity contribution < 1.29 is 9.90 Å². The van der Waals surface area contributed by atoms with Gasteiger partial charge < -0.3 is 10.0 Å². The summed E-state index contributed by atoms with van der Waals surface area (Å²) >= 11 is 2.06. The molecule has 2 rings (SSSR count). The van der Waals surface area contributed by atoms with E-state index in [2.05, 4.69) is 29.5 Å². The van der Waals surface area contributed by atoms with Crippen molar-refractivity contribution in [2.24, 2.45) is 5.92 Å². The molecule has 0 heterocycles. The molecule has 3 nitrogen and oxygen atoms in total. The highest BCUT2D eigenvalue weighted by molar-refractivity contribution is 14.1. The van der Waals surface area contributed by atoms with Crippen molar-refractivity contribution in [1.29, 1.82) is 0 Å². The van der Waals surface area contributed by atoms with Gasteiger partial charge in [0.1, 0.15) is 5.75 Å². The zero-order chi connectivity index (χ0) is 14.7. The Morgan fingerprint density at radius 1 is 1.35 bits per heavy atom. The number of halogens is 1. The van der Waals surface area contributed by atoms with Gasteiger partial charge in [0.15, 0.2) is 0 Å². The average molecular weight is 387 g/mol. The number of benzene rings is 1. The summed E-state index contributed by atoms with van der Waals surface area (Å²) in [5, 5.41) is 9.73. The maximum absolute atomic E-state index is 12.5. The van der Waals surface area contributed by atoms with E-state index in [9.17, 15) is 9.90 Å². The van der Waals surface area contributed by atoms with Gasteiger partial charge in [0.25, 0.3) is 5.91 Å². The Hall–Kier alpha value is -0.780. The molecule has 0 aromatic heterocycles. The molecule has 0 aliphatic heterocycles. The number of carbonyl (C=O) groups excluding carboxylic acids is 1. The van der Waals surface area contributed by atoms with Gasteiger partial charge in [-0.25, -0.2) is 0 Å². The van der Waals surface area contributed by atoms with Crippen LogP contribution in [0.4, 0.5) is 0 Å². The van der Waals surface area contributed by atoms with Crippen molar-refractivity contribution in [3.63, 3.8) is 0 Å². The van der Waals surface area contributed by atoms with Crippen LogP contribution in [0.2, 0.25) is 0 Å². The van der Waals surface area contributed by atoms with Gasteiger partial charge in [0, 0.05) is 18.7 Å². The minimum absolute atomic E-state index is 0.0108. The van der Waals surface area contributed by atoms with E-state index in [1.54, 1.807) is 18.2 Å². The smallest absolute Gasteiger partial charge is 0.253 e. The normalized spacial score (nSPS) is 22.6. The molecule has 1 amide bonds. The number of amides is 1. The monoisotopic (exact) mass is 387 g/mol. The highest BCUT2D eigenvalue weighted by Crippen LogP contribution is 2.30. The maximum atomic E-state index is 12.5. The van der Waals surface area contributed by atoms with Crippen LogP contribution >= 0.6 is 22.6 Å². The molecule has 0 spiro atoms. The third-order valence-electron chi connectivity index (χ3n) is 4.45. The molecule has 20 heavy (non-hydrogen) atoms. The van der Waals surface area contributed by atoms with Crippen LogP contribution in [0.3, 0.4) is 0 Å². The molecule has 1 saturated carbocycles.